The van der Waals surface area contributed by atoms with Crippen LogP contribution in [0.1, 0.15) is 49.4 Å². The molecule has 2 N–H and O–H groups in total. The monoisotopic (exact) mass is 404 g/mol. The van der Waals surface area contributed by atoms with Crippen molar-refractivity contribution in [2.75, 3.05) is 17.4 Å². The van der Waals surface area contributed by atoms with Crippen molar-refractivity contribution in [2.45, 2.75) is 57.1 Å². The lowest BCUT2D eigenvalue weighted by Crippen LogP contribution is -2.40. The van der Waals surface area contributed by atoms with Gasteiger partial charge in [0.25, 0.3) is 0 Å². The Hall–Kier alpha value is -1.39. The SMILES string of the molecule is C=C(C)CSc1nnc2n1-c1sc3c(c1C1NCNN21)C[C@](C)(CC)OC3. The topological polar surface area (TPSA) is 67.2 Å². The highest BCUT2D eigenvalue weighted by Gasteiger charge is 2.44. The first-order valence-electron chi connectivity index (χ1n) is 9.28. The minimum absolute atomic E-state index is 0.0925. The predicted molar refractivity (Wildman–Crippen MR) is 108 cm³/mol. The second-order valence-corrected chi connectivity index (χ2v) is 9.69. The highest BCUT2D eigenvalue weighted by molar-refractivity contribution is 7.99. The van der Waals surface area contributed by atoms with Crippen LogP contribution in [0.3, 0.4) is 0 Å². The highest BCUT2D eigenvalue weighted by atomic mass is 32.2. The Bertz CT molecular complexity index is 921. The van der Waals surface area contributed by atoms with E-state index >= 15 is 0 Å². The average molecular weight is 405 g/mol. The standard InChI is InChI=1S/C18H24N6OS2/c1-5-18(4)6-11-12(7-25-18)27-15-13(11)14-19-9-20-24(14)16-21-22-17(23(15)16)26-8-10(2)3/h14,19-20H,2,5-9H2,1,3-4H3/t14?,18-/m0/s1. The van der Waals surface area contributed by atoms with Crippen LogP contribution in [0.15, 0.2) is 17.3 Å². The summed E-state index contributed by atoms with van der Waals surface area (Å²) in [5, 5.41) is 16.8. The lowest BCUT2D eigenvalue weighted by Gasteiger charge is -2.35. The summed E-state index contributed by atoms with van der Waals surface area (Å²) in [6.45, 7) is 11.9. The van der Waals surface area contributed by atoms with Crippen LogP contribution in [-0.4, -0.2) is 32.8 Å². The van der Waals surface area contributed by atoms with Gasteiger partial charge in [-0.2, -0.15) is 0 Å². The van der Waals surface area contributed by atoms with Gasteiger partial charge in [0, 0.05) is 22.6 Å². The largest absolute Gasteiger partial charge is 0.369 e. The number of anilines is 1. The van der Waals surface area contributed by atoms with Crippen molar-refractivity contribution in [1.29, 1.82) is 0 Å². The molecule has 1 saturated heterocycles. The van der Waals surface area contributed by atoms with E-state index in [4.69, 9.17) is 4.74 Å². The Morgan fingerprint density at radius 2 is 2.33 bits per heavy atom. The van der Waals surface area contributed by atoms with Crippen LogP contribution in [0.4, 0.5) is 5.95 Å². The number of fused-ring (bicyclic) bond motifs is 8. The number of hydrogen-bond donors (Lipinski definition) is 2. The van der Waals surface area contributed by atoms with E-state index in [2.05, 4.69) is 50.9 Å². The van der Waals surface area contributed by atoms with Gasteiger partial charge in [0.1, 0.15) is 11.2 Å². The quantitative estimate of drug-likeness (QED) is 0.599. The van der Waals surface area contributed by atoms with Gasteiger partial charge in [-0.15, -0.1) is 21.5 Å². The van der Waals surface area contributed by atoms with Gasteiger partial charge >= 0.3 is 0 Å². The molecule has 1 unspecified atom stereocenters. The molecule has 0 aliphatic carbocycles. The molecule has 0 aromatic carbocycles. The van der Waals surface area contributed by atoms with Crippen molar-refractivity contribution in [1.82, 2.24) is 25.5 Å². The van der Waals surface area contributed by atoms with E-state index < -0.39 is 0 Å². The smallest absolute Gasteiger partial charge is 0.249 e. The number of rotatable bonds is 4. The van der Waals surface area contributed by atoms with Crippen molar-refractivity contribution >= 4 is 29.0 Å². The minimum Gasteiger partial charge on any atom is -0.369 e. The van der Waals surface area contributed by atoms with Gasteiger partial charge in [-0.1, -0.05) is 30.8 Å². The fourth-order valence-corrected chi connectivity index (χ4v) is 5.96. The third kappa shape index (κ3) is 2.67. The highest BCUT2D eigenvalue weighted by Crippen LogP contribution is 2.49. The molecule has 2 atom stereocenters. The molecule has 1 fully saturated rings. The zero-order valence-corrected chi connectivity index (χ0v) is 17.5. The van der Waals surface area contributed by atoms with E-state index in [0.29, 0.717) is 6.61 Å². The molecule has 2 aromatic heterocycles. The number of aromatic nitrogens is 3. The Labute approximate surface area is 167 Å². The van der Waals surface area contributed by atoms with Gasteiger partial charge in [-0.05, 0) is 25.8 Å². The van der Waals surface area contributed by atoms with E-state index in [0.717, 1.165) is 41.9 Å². The molecule has 0 saturated carbocycles. The normalized spacial score (nSPS) is 25.7. The summed E-state index contributed by atoms with van der Waals surface area (Å²) in [5.41, 5.74) is 7.24. The minimum atomic E-state index is -0.0935. The molecule has 27 heavy (non-hydrogen) atoms. The molecule has 0 radical (unpaired) electrons. The lowest BCUT2D eigenvalue weighted by molar-refractivity contribution is -0.0549. The molecule has 144 valence electrons. The van der Waals surface area contributed by atoms with Crippen molar-refractivity contribution in [2.24, 2.45) is 0 Å². The first-order chi connectivity index (χ1) is 13.0. The first-order valence-corrected chi connectivity index (χ1v) is 11.1. The molecule has 9 heteroatoms. The number of thiophene rings is 1. The lowest BCUT2D eigenvalue weighted by atomic mass is 9.88. The summed E-state index contributed by atoms with van der Waals surface area (Å²) < 4.78 is 8.41. The molecular formula is C18H24N6OS2. The molecule has 0 bridgehead atoms. The van der Waals surface area contributed by atoms with Crippen LogP contribution in [0, 0.1) is 0 Å². The summed E-state index contributed by atoms with van der Waals surface area (Å²) in [7, 11) is 0. The molecule has 7 nitrogen and oxygen atoms in total. The van der Waals surface area contributed by atoms with Crippen LogP contribution < -0.4 is 15.8 Å². The third-order valence-electron chi connectivity index (χ3n) is 5.52. The van der Waals surface area contributed by atoms with Gasteiger partial charge in [-0.3, -0.25) is 10.3 Å². The van der Waals surface area contributed by atoms with Crippen LogP contribution in [0.25, 0.3) is 5.00 Å². The zero-order valence-electron chi connectivity index (χ0n) is 15.8. The predicted octanol–water partition coefficient (Wildman–Crippen LogP) is 3.12. The van der Waals surface area contributed by atoms with E-state index in [9.17, 15) is 0 Å². The fourth-order valence-electron chi connectivity index (χ4n) is 3.87. The molecule has 0 spiro atoms. The molecule has 0 amide bonds. The third-order valence-corrected chi connectivity index (χ3v) is 7.89. The van der Waals surface area contributed by atoms with E-state index in [1.165, 1.54) is 21.0 Å². The van der Waals surface area contributed by atoms with Gasteiger partial charge < -0.3 is 4.74 Å². The van der Waals surface area contributed by atoms with E-state index in [1.807, 2.05) is 18.3 Å². The van der Waals surface area contributed by atoms with Crippen molar-refractivity contribution in [3.63, 3.8) is 0 Å². The average Bonchev–Trinajstić information content (AvgIpc) is 3.35. The number of hydrogen-bond acceptors (Lipinski definition) is 8. The molecule has 5 heterocycles. The van der Waals surface area contributed by atoms with Gasteiger partial charge in [0.2, 0.25) is 5.95 Å². The number of hydrazine groups is 1. The molecule has 3 aliphatic heterocycles. The molecule has 2 aromatic rings. The summed E-state index contributed by atoms with van der Waals surface area (Å²) in [5.74, 6) is 1.68. The fraction of sp³-hybridized carbons (Fsp3) is 0.556. The molecule has 3 aliphatic rings. The number of thioether (sulfide) groups is 1. The number of ether oxygens (including phenoxy) is 1. The van der Waals surface area contributed by atoms with Crippen LogP contribution in [-0.2, 0) is 17.8 Å². The summed E-state index contributed by atoms with van der Waals surface area (Å²) in [4.78, 5) is 1.33. The number of nitrogens with one attached hydrogen (secondary N) is 2. The molecule has 5 rings (SSSR count). The van der Waals surface area contributed by atoms with Crippen molar-refractivity contribution in [3.05, 3.63) is 28.2 Å². The van der Waals surface area contributed by atoms with Crippen molar-refractivity contribution < 1.29 is 4.74 Å². The Morgan fingerprint density at radius 1 is 1.48 bits per heavy atom. The van der Waals surface area contributed by atoms with Crippen molar-refractivity contribution in [3.8, 4) is 5.00 Å². The van der Waals surface area contributed by atoms with E-state index in [1.54, 1.807) is 11.8 Å². The Balaban J connectivity index is 1.65. The Kier molecular flexibility index (Phi) is 4.14. The maximum atomic E-state index is 6.21. The van der Waals surface area contributed by atoms with E-state index in [-0.39, 0.29) is 11.8 Å². The van der Waals surface area contributed by atoms with Crippen LogP contribution in [0.5, 0.6) is 0 Å². The summed E-state index contributed by atoms with van der Waals surface area (Å²) >= 11 is 3.51. The van der Waals surface area contributed by atoms with Gasteiger partial charge in [-0.25, -0.2) is 9.99 Å². The first kappa shape index (κ1) is 17.7. The maximum Gasteiger partial charge on any atom is 0.249 e. The van der Waals surface area contributed by atoms with Gasteiger partial charge in [0.15, 0.2) is 5.16 Å². The maximum absolute atomic E-state index is 6.21. The summed E-state index contributed by atoms with van der Waals surface area (Å²) in [6, 6.07) is 0. The second-order valence-electron chi connectivity index (χ2n) is 7.67. The van der Waals surface area contributed by atoms with Gasteiger partial charge in [0.05, 0.1) is 18.9 Å². The zero-order chi connectivity index (χ0) is 18.8. The summed E-state index contributed by atoms with van der Waals surface area (Å²) in [6.07, 6.45) is 2.05. The van der Waals surface area contributed by atoms with Crippen LogP contribution >= 0.6 is 23.1 Å². The second kappa shape index (κ2) is 6.31. The Morgan fingerprint density at radius 3 is 3.11 bits per heavy atom. The molecular weight excluding hydrogens is 380 g/mol. The number of nitrogens with zero attached hydrogens (tertiary/aromatic N) is 4. The van der Waals surface area contributed by atoms with Crippen LogP contribution in [0.2, 0.25) is 0 Å².